The highest BCUT2D eigenvalue weighted by molar-refractivity contribution is 14.1. The third-order valence-corrected chi connectivity index (χ3v) is 4.17. The molecule has 5 nitrogen and oxygen atoms in total. The number of hydrogen-bond acceptors (Lipinski definition) is 4. The fraction of sp³-hybridized carbons (Fsp3) is 0.118. The van der Waals surface area contributed by atoms with Crippen LogP contribution in [-0.4, -0.2) is 16.1 Å². The number of rotatable bonds is 3. The summed E-state index contributed by atoms with van der Waals surface area (Å²) >= 11 is 2.11. The lowest BCUT2D eigenvalue weighted by Crippen LogP contribution is -2.13. The maximum absolute atomic E-state index is 12.2. The van der Waals surface area contributed by atoms with Crippen molar-refractivity contribution in [3.05, 3.63) is 62.7 Å². The maximum atomic E-state index is 12.2. The second-order valence-electron chi connectivity index (χ2n) is 5.22. The summed E-state index contributed by atoms with van der Waals surface area (Å²) in [5, 5.41) is 10.5. The summed E-state index contributed by atoms with van der Waals surface area (Å²) in [5.74, 6) is 0.112. The third kappa shape index (κ3) is 3.58. The van der Waals surface area contributed by atoms with E-state index in [2.05, 4.69) is 44.2 Å². The Hall–Kier alpha value is -2.22. The van der Waals surface area contributed by atoms with E-state index >= 15 is 0 Å². The van der Waals surface area contributed by atoms with Crippen LogP contribution < -0.4 is 5.32 Å². The van der Waals surface area contributed by atoms with Crippen molar-refractivity contribution in [3.63, 3.8) is 0 Å². The number of carbonyl (C=O) groups is 1. The van der Waals surface area contributed by atoms with E-state index in [-0.39, 0.29) is 11.9 Å². The van der Waals surface area contributed by atoms with E-state index in [1.807, 2.05) is 44.2 Å². The average molecular weight is 419 g/mol. The highest BCUT2D eigenvalue weighted by Gasteiger charge is 2.14. The maximum Gasteiger partial charge on any atom is 0.322 e. The first-order valence-corrected chi connectivity index (χ1v) is 8.09. The summed E-state index contributed by atoms with van der Waals surface area (Å²) in [7, 11) is 0. The minimum Gasteiger partial charge on any atom is -0.403 e. The zero-order valence-electron chi connectivity index (χ0n) is 12.6. The summed E-state index contributed by atoms with van der Waals surface area (Å²) in [6, 6.07) is 13.4. The predicted octanol–water partition coefficient (Wildman–Crippen LogP) is 4.21. The average Bonchev–Trinajstić information content (AvgIpc) is 2.95. The highest BCUT2D eigenvalue weighted by atomic mass is 127. The summed E-state index contributed by atoms with van der Waals surface area (Å²) in [6.07, 6.45) is 0. The molecular weight excluding hydrogens is 405 g/mol. The van der Waals surface area contributed by atoms with Crippen LogP contribution in [0.3, 0.4) is 0 Å². The molecule has 1 heterocycles. The Morgan fingerprint density at radius 2 is 1.78 bits per heavy atom. The van der Waals surface area contributed by atoms with Crippen molar-refractivity contribution in [1.29, 1.82) is 0 Å². The van der Waals surface area contributed by atoms with Gasteiger partial charge in [-0.1, -0.05) is 34.4 Å². The molecule has 1 amide bonds. The second-order valence-corrected chi connectivity index (χ2v) is 6.38. The number of halogens is 1. The van der Waals surface area contributed by atoms with E-state index in [4.69, 9.17) is 4.42 Å². The van der Waals surface area contributed by atoms with Gasteiger partial charge in [-0.25, -0.2) is 0 Å². The van der Waals surface area contributed by atoms with Gasteiger partial charge in [0.1, 0.15) is 0 Å². The molecule has 2 aromatic carbocycles. The molecule has 1 N–H and O–H groups in total. The van der Waals surface area contributed by atoms with Gasteiger partial charge in [0.15, 0.2) is 0 Å². The van der Waals surface area contributed by atoms with Gasteiger partial charge in [-0.15, -0.1) is 5.10 Å². The van der Waals surface area contributed by atoms with Crippen LogP contribution in [-0.2, 0) is 0 Å². The Labute approximate surface area is 147 Å². The van der Waals surface area contributed by atoms with E-state index < -0.39 is 0 Å². The van der Waals surface area contributed by atoms with Gasteiger partial charge in [0.2, 0.25) is 5.89 Å². The molecule has 3 rings (SSSR count). The molecule has 0 bridgehead atoms. The molecule has 0 fully saturated rings. The quantitative estimate of drug-likeness (QED) is 0.646. The van der Waals surface area contributed by atoms with Gasteiger partial charge < -0.3 is 4.42 Å². The lowest BCUT2D eigenvalue weighted by atomic mass is 10.1. The van der Waals surface area contributed by atoms with Crippen LogP contribution in [0.5, 0.6) is 0 Å². The van der Waals surface area contributed by atoms with Crippen molar-refractivity contribution in [2.24, 2.45) is 0 Å². The number of carbonyl (C=O) groups excluding carboxylic acids is 1. The molecular formula is C17H14IN3O2. The lowest BCUT2D eigenvalue weighted by molar-refractivity contribution is 0.102. The molecule has 0 saturated heterocycles. The summed E-state index contributed by atoms with van der Waals surface area (Å²) in [5.41, 5.74) is 3.63. The molecule has 116 valence electrons. The number of amides is 1. The minimum absolute atomic E-state index is 0.0869. The Bertz CT molecular complexity index is 854. The number of aryl methyl sites for hydroxylation is 2. The highest BCUT2D eigenvalue weighted by Crippen LogP contribution is 2.23. The SMILES string of the molecule is Cc1cc(C)cc(-c2nnc(NC(=O)c3ccccc3I)o2)c1. The molecule has 0 atom stereocenters. The van der Waals surface area contributed by atoms with Gasteiger partial charge in [-0.05, 0) is 60.7 Å². The van der Waals surface area contributed by atoms with E-state index in [1.165, 1.54) is 0 Å². The number of anilines is 1. The van der Waals surface area contributed by atoms with Crippen molar-refractivity contribution in [3.8, 4) is 11.5 Å². The van der Waals surface area contributed by atoms with Gasteiger partial charge in [-0.2, -0.15) is 0 Å². The number of nitrogens with one attached hydrogen (secondary N) is 1. The fourth-order valence-corrected chi connectivity index (χ4v) is 2.93. The van der Waals surface area contributed by atoms with Gasteiger partial charge >= 0.3 is 6.01 Å². The van der Waals surface area contributed by atoms with Crippen LogP contribution in [0.2, 0.25) is 0 Å². The summed E-state index contributed by atoms with van der Waals surface area (Å²) < 4.78 is 6.41. The molecule has 3 aromatic rings. The zero-order chi connectivity index (χ0) is 16.4. The molecule has 1 aromatic heterocycles. The van der Waals surface area contributed by atoms with Crippen molar-refractivity contribution in [2.75, 3.05) is 5.32 Å². The minimum atomic E-state index is -0.273. The van der Waals surface area contributed by atoms with Crippen LogP contribution in [0.25, 0.3) is 11.5 Å². The van der Waals surface area contributed by atoms with Crippen LogP contribution in [0, 0.1) is 17.4 Å². The third-order valence-electron chi connectivity index (χ3n) is 3.23. The van der Waals surface area contributed by atoms with Gasteiger partial charge in [0, 0.05) is 9.13 Å². The normalized spacial score (nSPS) is 10.6. The Balaban J connectivity index is 1.82. The monoisotopic (exact) mass is 419 g/mol. The molecule has 0 unspecified atom stereocenters. The molecule has 0 saturated carbocycles. The van der Waals surface area contributed by atoms with Gasteiger partial charge in [-0.3, -0.25) is 10.1 Å². The van der Waals surface area contributed by atoms with Gasteiger partial charge in [0.25, 0.3) is 5.91 Å². The van der Waals surface area contributed by atoms with Crippen molar-refractivity contribution < 1.29 is 9.21 Å². The smallest absolute Gasteiger partial charge is 0.322 e. The molecule has 0 radical (unpaired) electrons. The second kappa shape index (κ2) is 6.49. The Morgan fingerprint density at radius 3 is 2.48 bits per heavy atom. The van der Waals surface area contributed by atoms with E-state index in [0.29, 0.717) is 11.5 Å². The largest absolute Gasteiger partial charge is 0.403 e. The number of benzene rings is 2. The van der Waals surface area contributed by atoms with Gasteiger partial charge in [0.05, 0.1) is 5.56 Å². The molecule has 6 heteroatoms. The van der Waals surface area contributed by atoms with Crippen LogP contribution >= 0.6 is 22.6 Å². The summed E-state index contributed by atoms with van der Waals surface area (Å²) in [4.78, 5) is 12.2. The number of aromatic nitrogens is 2. The molecule has 0 spiro atoms. The van der Waals surface area contributed by atoms with E-state index in [0.717, 1.165) is 20.3 Å². The summed E-state index contributed by atoms with van der Waals surface area (Å²) in [6.45, 7) is 4.01. The van der Waals surface area contributed by atoms with Crippen molar-refractivity contribution >= 4 is 34.5 Å². The first-order valence-electron chi connectivity index (χ1n) is 7.01. The Morgan fingerprint density at radius 1 is 1.09 bits per heavy atom. The molecule has 0 aliphatic rings. The first kappa shape index (κ1) is 15.7. The molecule has 0 aliphatic heterocycles. The zero-order valence-corrected chi connectivity index (χ0v) is 14.8. The molecule has 0 aliphatic carbocycles. The number of nitrogens with zero attached hydrogens (tertiary/aromatic N) is 2. The van der Waals surface area contributed by atoms with Crippen LogP contribution in [0.15, 0.2) is 46.9 Å². The lowest BCUT2D eigenvalue weighted by Gasteiger charge is -2.03. The standard InChI is InChI=1S/C17H14IN3O2/c1-10-7-11(2)9-12(8-10)16-20-21-17(23-16)19-15(22)13-5-3-4-6-14(13)18/h3-9H,1-2H3,(H,19,21,22). The van der Waals surface area contributed by atoms with Crippen molar-refractivity contribution in [2.45, 2.75) is 13.8 Å². The number of hydrogen-bond donors (Lipinski definition) is 1. The van der Waals surface area contributed by atoms with E-state index in [1.54, 1.807) is 6.07 Å². The predicted molar refractivity (Wildman–Crippen MR) is 96.3 cm³/mol. The first-order chi connectivity index (χ1) is 11.0. The molecule has 23 heavy (non-hydrogen) atoms. The van der Waals surface area contributed by atoms with Crippen LogP contribution in [0.4, 0.5) is 6.01 Å². The fourth-order valence-electron chi connectivity index (χ4n) is 2.30. The topological polar surface area (TPSA) is 68.0 Å². The van der Waals surface area contributed by atoms with Crippen molar-refractivity contribution in [1.82, 2.24) is 10.2 Å². The van der Waals surface area contributed by atoms with E-state index in [9.17, 15) is 4.79 Å². The van der Waals surface area contributed by atoms with Crippen LogP contribution in [0.1, 0.15) is 21.5 Å². The Kier molecular flexibility index (Phi) is 4.42.